The normalized spacial score (nSPS) is 12.0. The van der Waals surface area contributed by atoms with Crippen LogP contribution in [0.15, 0.2) is 36.4 Å². The first-order chi connectivity index (χ1) is 12.0. The Hall–Kier alpha value is -2.46. The van der Waals surface area contributed by atoms with Crippen LogP contribution in [-0.4, -0.2) is 40.1 Å². The van der Waals surface area contributed by atoms with E-state index < -0.39 is 0 Å². The van der Waals surface area contributed by atoms with Crippen molar-refractivity contribution in [2.24, 2.45) is 0 Å². The van der Waals surface area contributed by atoms with Crippen molar-refractivity contribution in [1.82, 2.24) is 19.4 Å². The number of aromatic nitrogens is 3. The van der Waals surface area contributed by atoms with E-state index >= 15 is 0 Å². The number of hydrogen-bond donors (Lipinski definition) is 0. The summed E-state index contributed by atoms with van der Waals surface area (Å²) in [5.74, 6) is 0. The Labute approximate surface area is 148 Å². The van der Waals surface area contributed by atoms with Gasteiger partial charge in [-0.3, -0.25) is 0 Å². The molecule has 4 heteroatoms. The Morgan fingerprint density at radius 2 is 1.64 bits per heavy atom. The second-order valence-electron chi connectivity index (χ2n) is 7.15. The Balaban J connectivity index is 1.97. The van der Waals surface area contributed by atoms with Gasteiger partial charge in [0.1, 0.15) is 5.52 Å². The van der Waals surface area contributed by atoms with E-state index in [1.165, 1.54) is 22.0 Å². The first-order valence-electron chi connectivity index (χ1n) is 8.85. The van der Waals surface area contributed by atoms with Crippen molar-refractivity contribution in [2.75, 3.05) is 20.6 Å². The zero-order valence-corrected chi connectivity index (χ0v) is 15.4. The summed E-state index contributed by atoms with van der Waals surface area (Å²) < 4.78 is 2.33. The lowest BCUT2D eigenvalue weighted by Crippen LogP contribution is -2.15. The molecule has 128 valence electrons. The summed E-state index contributed by atoms with van der Waals surface area (Å²) in [5.41, 5.74) is 7.71. The summed E-state index contributed by atoms with van der Waals surface area (Å²) in [7, 11) is 4.23. The maximum absolute atomic E-state index is 5.00. The molecule has 0 aliphatic carbocycles. The highest BCUT2D eigenvalue weighted by Gasteiger charge is 2.14. The van der Waals surface area contributed by atoms with E-state index in [-0.39, 0.29) is 0 Å². The van der Waals surface area contributed by atoms with Gasteiger partial charge in [0.2, 0.25) is 0 Å². The van der Waals surface area contributed by atoms with Crippen molar-refractivity contribution in [2.45, 2.75) is 26.8 Å². The number of rotatable bonds is 4. The summed E-state index contributed by atoms with van der Waals surface area (Å²) >= 11 is 0. The fraction of sp³-hybridized carbons (Fsp3) is 0.333. The predicted molar refractivity (Wildman–Crippen MR) is 105 cm³/mol. The molecule has 2 aromatic heterocycles. The molecule has 0 N–H and O–H groups in total. The molecular formula is C21H24N4. The van der Waals surface area contributed by atoms with Crippen LogP contribution in [0.4, 0.5) is 0 Å². The third-order valence-corrected chi connectivity index (χ3v) is 4.95. The molecule has 2 aromatic carbocycles. The second-order valence-corrected chi connectivity index (χ2v) is 7.15. The van der Waals surface area contributed by atoms with Crippen LogP contribution in [0.25, 0.3) is 33.1 Å². The average molecular weight is 332 g/mol. The topological polar surface area (TPSA) is 34.0 Å². The Bertz CT molecular complexity index is 1080. The van der Waals surface area contributed by atoms with Crippen molar-refractivity contribution < 1.29 is 0 Å². The zero-order chi connectivity index (χ0) is 17.6. The third kappa shape index (κ3) is 2.76. The quantitative estimate of drug-likeness (QED) is 0.558. The molecule has 0 unspecified atom stereocenters. The SMILES string of the molecule is Cc1cc2nc3c4ccccc4n(CCCN(C)C)c3nc2cc1C. The maximum atomic E-state index is 5.00. The van der Waals surface area contributed by atoms with Crippen molar-refractivity contribution >= 4 is 33.1 Å². The van der Waals surface area contributed by atoms with Gasteiger partial charge in [0.05, 0.1) is 16.6 Å². The molecule has 0 atom stereocenters. The molecule has 0 saturated heterocycles. The molecule has 0 fully saturated rings. The maximum Gasteiger partial charge on any atom is 0.160 e. The molecule has 0 amide bonds. The Morgan fingerprint density at radius 3 is 2.36 bits per heavy atom. The standard InChI is InChI=1S/C21H24N4/c1-14-12-17-18(13-15(14)2)23-21-20(22-17)16-8-5-6-9-19(16)25(21)11-7-10-24(3)4/h5-6,8-9,12-13H,7,10-11H2,1-4H3. The van der Waals surface area contributed by atoms with Gasteiger partial charge in [0.25, 0.3) is 0 Å². The van der Waals surface area contributed by atoms with Gasteiger partial charge >= 0.3 is 0 Å². The van der Waals surface area contributed by atoms with E-state index in [0.29, 0.717) is 0 Å². The molecule has 4 rings (SSSR count). The molecule has 0 saturated carbocycles. The fourth-order valence-corrected chi connectivity index (χ4v) is 3.47. The van der Waals surface area contributed by atoms with Gasteiger partial charge in [-0.1, -0.05) is 18.2 Å². The highest BCUT2D eigenvalue weighted by Crippen LogP contribution is 2.29. The molecule has 0 radical (unpaired) electrons. The van der Waals surface area contributed by atoms with E-state index in [0.717, 1.165) is 41.7 Å². The highest BCUT2D eigenvalue weighted by molar-refractivity contribution is 6.06. The number of fused-ring (bicyclic) bond motifs is 4. The molecular weight excluding hydrogens is 308 g/mol. The summed E-state index contributed by atoms with van der Waals surface area (Å²) in [6.07, 6.45) is 1.09. The van der Waals surface area contributed by atoms with Crippen LogP contribution in [0, 0.1) is 13.8 Å². The van der Waals surface area contributed by atoms with Gasteiger partial charge in [-0.25, -0.2) is 9.97 Å². The summed E-state index contributed by atoms with van der Waals surface area (Å²) in [6.45, 7) is 6.28. The smallest absolute Gasteiger partial charge is 0.160 e. The van der Waals surface area contributed by atoms with Crippen LogP contribution in [-0.2, 0) is 6.54 Å². The van der Waals surface area contributed by atoms with Crippen molar-refractivity contribution in [3.8, 4) is 0 Å². The Kier molecular flexibility index (Phi) is 3.92. The molecule has 25 heavy (non-hydrogen) atoms. The van der Waals surface area contributed by atoms with E-state index in [4.69, 9.17) is 9.97 Å². The molecule has 0 aliphatic rings. The summed E-state index contributed by atoms with van der Waals surface area (Å²) in [4.78, 5) is 12.2. The number of hydrogen-bond acceptors (Lipinski definition) is 3. The van der Waals surface area contributed by atoms with Crippen molar-refractivity contribution in [1.29, 1.82) is 0 Å². The monoisotopic (exact) mass is 332 g/mol. The van der Waals surface area contributed by atoms with E-state index in [1.807, 2.05) is 0 Å². The van der Waals surface area contributed by atoms with Gasteiger partial charge in [-0.05, 0) is 70.2 Å². The number of aryl methyl sites for hydroxylation is 3. The van der Waals surface area contributed by atoms with Gasteiger partial charge in [0, 0.05) is 11.9 Å². The molecule has 0 bridgehead atoms. The van der Waals surface area contributed by atoms with Crippen molar-refractivity contribution in [3.63, 3.8) is 0 Å². The van der Waals surface area contributed by atoms with Crippen LogP contribution in [0.1, 0.15) is 17.5 Å². The first kappa shape index (κ1) is 16.0. The number of para-hydroxylation sites is 1. The average Bonchev–Trinajstić information content (AvgIpc) is 2.87. The van der Waals surface area contributed by atoms with Gasteiger partial charge in [-0.15, -0.1) is 0 Å². The molecule has 4 nitrogen and oxygen atoms in total. The van der Waals surface area contributed by atoms with Crippen LogP contribution < -0.4 is 0 Å². The fourth-order valence-electron chi connectivity index (χ4n) is 3.47. The third-order valence-electron chi connectivity index (χ3n) is 4.95. The van der Waals surface area contributed by atoms with Gasteiger partial charge in [-0.2, -0.15) is 0 Å². The number of nitrogens with zero attached hydrogens (tertiary/aromatic N) is 4. The Morgan fingerprint density at radius 1 is 0.960 bits per heavy atom. The summed E-state index contributed by atoms with van der Waals surface area (Å²) in [5, 5.41) is 1.19. The summed E-state index contributed by atoms with van der Waals surface area (Å²) in [6, 6.07) is 12.8. The van der Waals surface area contributed by atoms with Crippen LogP contribution in [0.5, 0.6) is 0 Å². The lowest BCUT2D eigenvalue weighted by atomic mass is 10.1. The second kappa shape index (κ2) is 6.12. The largest absolute Gasteiger partial charge is 0.324 e. The van der Waals surface area contributed by atoms with Crippen LogP contribution >= 0.6 is 0 Å². The lowest BCUT2D eigenvalue weighted by molar-refractivity contribution is 0.389. The minimum absolute atomic E-state index is 0.952. The highest BCUT2D eigenvalue weighted by atomic mass is 15.1. The molecule has 2 heterocycles. The predicted octanol–water partition coefficient (Wildman–Crippen LogP) is 4.31. The zero-order valence-electron chi connectivity index (χ0n) is 15.4. The van der Waals surface area contributed by atoms with E-state index in [9.17, 15) is 0 Å². The van der Waals surface area contributed by atoms with E-state index in [1.54, 1.807) is 0 Å². The minimum Gasteiger partial charge on any atom is -0.324 e. The first-order valence-corrected chi connectivity index (χ1v) is 8.85. The van der Waals surface area contributed by atoms with Crippen LogP contribution in [0.3, 0.4) is 0 Å². The lowest BCUT2D eigenvalue weighted by Gasteiger charge is -2.11. The molecule has 0 aliphatic heterocycles. The molecule has 4 aromatic rings. The molecule has 0 spiro atoms. The van der Waals surface area contributed by atoms with Gasteiger partial charge < -0.3 is 9.47 Å². The van der Waals surface area contributed by atoms with E-state index in [2.05, 4.69) is 73.8 Å². The van der Waals surface area contributed by atoms with Gasteiger partial charge in [0.15, 0.2) is 5.65 Å². The van der Waals surface area contributed by atoms with Crippen LogP contribution in [0.2, 0.25) is 0 Å². The number of benzene rings is 2. The van der Waals surface area contributed by atoms with Crippen molar-refractivity contribution in [3.05, 3.63) is 47.5 Å². The minimum atomic E-state index is 0.952.